The molecule has 1 rings (SSSR count). The van der Waals surface area contributed by atoms with Crippen molar-refractivity contribution in [2.45, 2.75) is 0 Å². The molecule has 0 bridgehead atoms. The molecule has 0 atom stereocenters. The first-order valence-electron chi connectivity index (χ1n) is 4.59. The Labute approximate surface area is 97.2 Å². The van der Waals surface area contributed by atoms with E-state index in [0.29, 0.717) is 4.48 Å². The first-order valence-corrected chi connectivity index (χ1v) is 4.59. The number of quaternary nitrogens is 1. The fourth-order valence-corrected chi connectivity index (χ4v) is 0.990. The van der Waals surface area contributed by atoms with Crippen LogP contribution in [0.5, 0.6) is 0 Å². The van der Waals surface area contributed by atoms with E-state index in [0.717, 1.165) is 5.56 Å². The van der Waals surface area contributed by atoms with Gasteiger partial charge in [-0.2, -0.15) is 0 Å². The molecule has 0 radical (unpaired) electrons. The first-order chi connectivity index (χ1) is 6.49. The standard InChI is InChI=1S/C12H16NO.ClH/c1-13(2,3)10-9-12(14)11-7-5-4-6-8-11;/h4-10H,1-3H3;1H/q+1;/p-1/b10-9-;. The lowest BCUT2D eigenvalue weighted by atomic mass is 10.1. The number of carbonyl (C=O) groups excluding carboxylic acids is 1. The van der Waals surface area contributed by atoms with E-state index in [-0.39, 0.29) is 18.2 Å². The van der Waals surface area contributed by atoms with Crippen molar-refractivity contribution in [2.24, 2.45) is 0 Å². The maximum absolute atomic E-state index is 11.6. The molecule has 0 fully saturated rings. The summed E-state index contributed by atoms with van der Waals surface area (Å²) in [6.07, 6.45) is 3.49. The number of ketones is 1. The molecule has 1 aromatic rings. The van der Waals surface area contributed by atoms with Gasteiger partial charge in [0.05, 0.1) is 27.3 Å². The van der Waals surface area contributed by atoms with Crippen LogP contribution in [0.1, 0.15) is 10.4 Å². The molecule has 0 heterocycles. The van der Waals surface area contributed by atoms with Crippen LogP contribution in [0.15, 0.2) is 42.6 Å². The van der Waals surface area contributed by atoms with Gasteiger partial charge < -0.3 is 16.9 Å². The Bertz CT molecular complexity index is 338. The topological polar surface area (TPSA) is 17.1 Å². The Kier molecular flexibility index (Phi) is 5.26. The number of rotatable bonds is 3. The van der Waals surface area contributed by atoms with Crippen LogP contribution >= 0.6 is 0 Å². The Morgan fingerprint density at radius 2 is 1.67 bits per heavy atom. The molecule has 2 nitrogen and oxygen atoms in total. The van der Waals surface area contributed by atoms with Crippen LogP contribution in [-0.4, -0.2) is 31.4 Å². The third-order valence-corrected chi connectivity index (χ3v) is 1.73. The number of hydrogen-bond acceptors (Lipinski definition) is 1. The highest BCUT2D eigenvalue weighted by atomic mass is 35.5. The van der Waals surface area contributed by atoms with Crippen molar-refractivity contribution in [2.75, 3.05) is 21.1 Å². The normalized spacial score (nSPS) is 11.1. The monoisotopic (exact) mass is 225 g/mol. The Hall–Kier alpha value is -1.12. The zero-order chi connectivity index (χ0) is 10.6. The minimum Gasteiger partial charge on any atom is -1.00 e. The minimum atomic E-state index is 0. The number of benzene rings is 1. The molecule has 0 spiro atoms. The lowest BCUT2D eigenvalue weighted by molar-refractivity contribution is -0.817. The molecule has 1 aromatic carbocycles. The van der Waals surface area contributed by atoms with Crippen molar-refractivity contribution >= 4 is 5.78 Å². The van der Waals surface area contributed by atoms with Crippen molar-refractivity contribution in [3.63, 3.8) is 0 Å². The fourth-order valence-electron chi connectivity index (χ4n) is 0.990. The molecule has 0 amide bonds. The van der Waals surface area contributed by atoms with E-state index in [1.54, 1.807) is 6.08 Å². The largest absolute Gasteiger partial charge is 1.00 e. The molecule has 0 saturated carbocycles. The van der Waals surface area contributed by atoms with Crippen LogP contribution in [0.4, 0.5) is 0 Å². The molecular formula is C12H16ClNO. The third kappa shape index (κ3) is 5.35. The Balaban J connectivity index is 0.00000196. The van der Waals surface area contributed by atoms with Gasteiger partial charge in [-0.15, -0.1) is 0 Å². The fraction of sp³-hybridized carbons (Fsp3) is 0.250. The van der Waals surface area contributed by atoms with Crippen molar-refractivity contribution in [1.82, 2.24) is 0 Å². The molecule has 0 N–H and O–H groups in total. The zero-order valence-corrected chi connectivity index (χ0v) is 10.0. The summed E-state index contributed by atoms with van der Waals surface area (Å²) in [5.74, 6) is 0.0543. The van der Waals surface area contributed by atoms with Gasteiger partial charge >= 0.3 is 0 Å². The highest BCUT2D eigenvalue weighted by molar-refractivity contribution is 6.04. The van der Waals surface area contributed by atoms with Gasteiger partial charge in [-0.1, -0.05) is 30.3 Å². The number of halogens is 1. The van der Waals surface area contributed by atoms with Crippen molar-refractivity contribution < 1.29 is 21.7 Å². The Morgan fingerprint density at radius 1 is 1.13 bits per heavy atom. The number of nitrogens with zero attached hydrogens (tertiary/aromatic N) is 1. The molecule has 0 unspecified atom stereocenters. The van der Waals surface area contributed by atoms with Crippen LogP contribution in [0.25, 0.3) is 0 Å². The predicted molar refractivity (Wildman–Crippen MR) is 57.9 cm³/mol. The van der Waals surface area contributed by atoms with Gasteiger partial charge in [-0.25, -0.2) is 0 Å². The molecule has 15 heavy (non-hydrogen) atoms. The highest BCUT2D eigenvalue weighted by Crippen LogP contribution is 2.02. The van der Waals surface area contributed by atoms with E-state index >= 15 is 0 Å². The SMILES string of the molecule is C[N+](C)(C)/C=C\C(=O)c1ccccc1.[Cl-]. The van der Waals surface area contributed by atoms with Crippen LogP contribution in [0, 0.1) is 0 Å². The van der Waals surface area contributed by atoms with E-state index in [2.05, 4.69) is 0 Å². The first kappa shape index (κ1) is 13.9. The van der Waals surface area contributed by atoms with Crippen molar-refractivity contribution in [3.05, 3.63) is 48.2 Å². The summed E-state index contributed by atoms with van der Waals surface area (Å²) in [5, 5.41) is 0. The van der Waals surface area contributed by atoms with E-state index in [9.17, 15) is 4.79 Å². The summed E-state index contributed by atoms with van der Waals surface area (Å²) in [6.45, 7) is 0. The van der Waals surface area contributed by atoms with Gasteiger partial charge in [-0.05, 0) is 0 Å². The van der Waals surface area contributed by atoms with Gasteiger partial charge in [0.1, 0.15) is 0 Å². The van der Waals surface area contributed by atoms with E-state index in [4.69, 9.17) is 0 Å². The van der Waals surface area contributed by atoms with Gasteiger partial charge in [0.15, 0.2) is 5.78 Å². The molecule has 0 saturated heterocycles. The number of allylic oxidation sites excluding steroid dienone is 1. The van der Waals surface area contributed by atoms with Crippen LogP contribution in [0.2, 0.25) is 0 Å². The predicted octanol–water partition coefficient (Wildman–Crippen LogP) is -0.907. The zero-order valence-electron chi connectivity index (χ0n) is 9.27. The second kappa shape index (κ2) is 5.69. The van der Waals surface area contributed by atoms with E-state index in [1.807, 2.05) is 57.7 Å². The lowest BCUT2D eigenvalue weighted by Crippen LogP contribution is -3.00. The third-order valence-electron chi connectivity index (χ3n) is 1.73. The molecule has 0 aliphatic heterocycles. The second-order valence-corrected chi connectivity index (χ2v) is 4.16. The number of carbonyl (C=O) groups is 1. The number of hydrogen-bond donors (Lipinski definition) is 0. The summed E-state index contributed by atoms with van der Waals surface area (Å²) in [7, 11) is 6.03. The molecule has 0 aliphatic rings. The average Bonchev–Trinajstić information content (AvgIpc) is 2.14. The Morgan fingerprint density at radius 3 is 2.13 bits per heavy atom. The minimum absolute atomic E-state index is 0. The van der Waals surface area contributed by atoms with Gasteiger partial charge in [0.2, 0.25) is 0 Å². The molecule has 82 valence electrons. The molecule has 3 heteroatoms. The summed E-state index contributed by atoms with van der Waals surface area (Å²) in [6, 6.07) is 9.28. The van der Waals surface area contributed by atoms with Crippen molar-refractivity contribution in [1.29, 1.82) is 0 Å². The van der Waals surface area contributed by atoms with Crippen LogP contribution in [0.3, 0.4) is 0 Å². The molecule has 0 aromatic heterocycles. The summed E-state index contributed by atoms with van der Waals surface area (Å²) < 4.78 is 0.651. The van der Waals surface area contributed by atoms with Crippen LogP contribution in [-0.2, 0) is 0 Å². The quantitative estimate of drug-likeness (QED) is 0.370. The molecule has 0 aliphatic carbocycles. The maximum Gasteiger partial charge on any atom is 0.191 e. The smallest absolute Gasteiger partial charge is 0.191 e. The van der Waals surface area contributed by atoms with Gasteiger partial charge in [0, 0.05) is 11.6 Å². The van der Waals surface area contributed by atoms with E-state index in [1.165, 1.54) is 0 Å². The average molecular weight is 226 g/mol. The highest BCUT2D eigenvalue weighted by Gasteiger charge is 2.04. The van der Waals surface area contributed by atoms with Gasteiger partial charge in [0.25, 0.3) is 0 Å². The second-order valence-electron chi connectivity index (χ2n) is 4.16. The van der Waals surface area contributed by atoms with Crippen molar-refractivity contribution in [3.8, 4) is 0 Å². The summed E-state index contributed by atoms with van der Waals surface area (Å²) >= 11 is 0. The molecular weight excluding hydrogens is 210 g/mol. The van der Waals surface area contributed by atoms with Crippen LogP contribution < -0.4 is 12.4 Å². The van der Waals surface area contributed by atoms with E-state index < -0.39 is 0 Å². The lowest BCUT2D eigenvalue weighted by Gasteiger charge is -2.16. The maximum atomic E-state index is 11.6. The summed E-state index contributed by atoms with van der Waals surface area (Å²) in [5.41, 5.74) is 0.734. The van der Waals surface area contributed by atoms with Gasteiger partial charge in [-0.3, -0.25) is 4.79 Å². The summed E-state index contributed by atoms with van der Waals surface area (Å²) in [4.78, 5) is 11.6.